The van der Waals surface area contributed by atoms with Crippen LogP contribution in [0.15, 0.2) is 17.6 Å². The minimum absolute atomic E-state index is 0.185. The average molecular weight is 235 g/mol. The van der Waals surface area contributed by atoms with E-state index >= 15 is 0 Å². The topological polar surface area (TPSA) is 41.6 Å². The minimum Gasteiger partial charge on any atom is -0.370 e. The average Bonchev–Trinajstić information content (AvgIpc) is 2.60. The maximum Gasteiger partial charge on any atom is 0.192 e. The Kier molecular flexibility index (Phi) is 3.45. The molecule has 0 aromatic heterocycles. The standard InChI is InChI=1S/C14H25N3/c1-4-9-17-13(15)16-10-14(17)8-6-5-7-12(14)11(2)3/h4,11-12H,1,5-10H2,2-3H3,(H2,15,16). The molecule has 1 spiro atoms. The third kappa shape index (κ3) is 1.96. The summed E-state index contributed by atoms with van der Waals surface area (Å²) in [6, 6.07) is 0. The van der Waals surface area contributed by atoms with Gasteiger partial charge >= 0.3 is 0 Å². The molecule has 17 heavy (non-hydrogen) atoms. The molecule has 1 fully saturated rings. The smallest absolute Gasteiger partial charge is 0.192 e. The highest BCUT2D eigenvalue weighted by molar-refractivity contribution is 5.81. The van der Waals surface area contributed by atoms with Crippen LogP contribution in [0.3, 0.4) is 0 Å². The van der Waals surface area contributed by atoms with Gasteiger partial charge in [0.25, 0.3) is 0 Å². The second kappa shape index (κ2) is 4.71. The molecular weight excluding hydrogens is 210 g/mol. The fourth-order valence-corrected chi connectivity index (χ4v) is 3.76. The summed E-state index contributed by atoms with van der Waals surface area (Å²) in [5.74, 6) is 2.13. The van der Waals surface area contributed by atoms with Crippen molar-refractivity contribution in [3.05, 3.63) is 12.7 Å². The van der Waals surface area contributed by atoms with Crippen LogP contribution in [0, 0.1) is 11.8 Å². The summed E-state index contributed by atoms with van der Waals surface area (Å²) in [7, 11) is 0. The van der Waals surface area contributed by atoms with E-state index in [4.69, 9.17) is 5.73 Å². The Bertz CT molecular complexity index is 321. The van der Waals surface area contributed by atoms with Crippen LogP contribution >= 0.6 is 0 Å². The predicted molar refractivity (Wildman–Crippen MR) is 72.9 cm³/mol. The van der Waals surface area contributed by atoms with E-state index in [2.05, 4.69) is 30.3 Å². The lowest BCUT2D eigenvalue weighted by atomic mass is 9.67. The van der Waals surface area contributed by atoms with Crippen molar-refractivity contribution in [3.63, 3.8) is 0 Å². The van der Waals surface area contributed by atoms with Gasteiger partial charge in [0.05, 0.1) is 12.1 Å². The number of aliphatic imine (C=N–C) groups is 1. The third-order valence-electron chi connectivity index (χ3n) is 4.51. The van der Waals surface area contributed by atoms with E-state index in [1.165, 1.54) is 25.7 Å². The summed E-state index contributed by atoms with van der Waals surface area (Å²) < 4.78 is 0. The van der Waals surface area contributed by atoms with Crippen molar-refractivity contribution in [1.29, 1.82) is 0 Å². The number of rotatable bonds is 3. The number of nitrogens with two attached hydrogens (primary N) is 1. The molecule has 1 aliphatic carbocycles. The Morgan fingerprint density at radius 2 is 2.35 bits per heavy atom. The van der Waals surface area contributed by atoms with E-state index in [1.54, 1.807) is 0 Å². The molecule has 1 aliphatic heterocycles. The van der Waals surface area contributed by atoms with Crippen LogP contribution in [0.25, 0.3) is 0 Å². The minimum atomic E-state index is 0.185. The van der Waals surface area contributed by atoms with Gasteiger partial charge in [-0.15, -0.1) is 6.58 Å². The lowest BCUT2D eigenvalue weighted by Crippen LogP contribution is -2.58. The lowest BCUT2D eigenvalue weighted by molar-refractivity contribution is 0.0512. The number of hydrogen-bond donors (Lipinski definition) is 1. The van der Waals surface area contributed by atoms with Crippen molar-refractivity contribution in [2.24, 2.45) is 22.6 Å². The Morgan fingerprint density at radius 1 is 1.59 bits per heavy atom. The van der Waals surface area contributed by atoms with Crippen LogP contribution in [-0.2, 0) is 0 Å². The molecule has 1 heterocycles. The largest absolute Gasteiger partial charge is 0.370 e. The van der Waals surface area contributed by atoms with Crippen molar-refractivity contribution in [1.82, 2.24) is 4.90 Å². The van der Waals surface area contributed by atoms with Gasteiger partial charge < -0.3 is 10.6 Å². The summed E-state index contributed by atoms with van der Waals surface area (Å²) in [5, 5.41) is 0. The van der Waals surface area contributed by atoms with Gasteiger partial charge in [-0.05, 0) is 24.7 Å². The highest BCUT2D eigenvalue weighted by atomic mass is 15.4. The highest BCUT2D eigenvalue weighted by Gasteiger charge is 2.49. The molecule has 3 nitrogen and oxygen atoms in total. The molecule has 2 atom stereocenters. The Labute approximate surface area is 105 Å². The molecule has 1 saturated carbocycles. The molecule has 0 saturated heterocycles. The first-order chi connectivity index (χ1) is 8.12. The Morgan fingerprint density at radius 3 is 3.00 bits per heavy atom. The molecule has 96 valence electrons. The van der Waals surface area contributed by atoms with Crippen molar-refractivity contribution in [2.45, 2.75) is 45.1 Å². The SMILES string of the molecule is C=CCN1C(N)=NCC12CCCCC2C(C)C. The molecule has 2 aliphatic rings. The van der Waals surface area contributed by atoms with Gasteiger partial charge in [-0.25, -0.2) is 0 Å². The molecule has 2 N–H and O–H groups in total. The van der Waals surface area contributed by atoms with Gasteiger partial charge in [0.15, 0.2) is 5.96 Å². The maximum absolute atomic E-state index is 6.06. The van der Waals surface area contributed by atoms with Crippen molar-refractivity contribution in [2.75, 3.05) is 13.1 Å². The van der Waals surface area contributed by atoms with Gasteiger partial charge in [-0.1, -0.05) is 32.8 Å². The summed E-state index contributed by atoms with van der Waals surface area (Å²) in [6.07, 6.45) is 7.15. The summed E-state index contributed by atoms with van der Waals surface area (Å²) in [5.41, 5.74) is 6.25. The van der Waals surface area contributed by atoms with Gasteiger partial charge in [-0.2, -0.15) is 0 Å². The summed E-state index contributed by atoms with van der Waals surface area (Å²) >= 11 is 0. The molecule has 0 aromatic carbocycles. The molecule has 0 amide bonds. The molecule has 3 heteroatoms. The van der Waals surface area contributed by atoms with Gasteiger partial charge in [-0.3, -0.25) is 4.99 Å². The molecule has 0 bridgehead atoms. The zero-order valence-electron chi connectivity index (χ0n) is 11.2. The number of nitrogens with zero attached hydrogens (tertiary/aromatic N) is 2. The fraction of sp³-hybridized carbons (Fsp3) is 0.786. The van der Waals surface area contributed by atoms with Gasteiger partial charge in [0.1, 0.15) is 0 Å². The van der Waals surface area contributed by atoms with E-state index in [1.807, 2.05) is 6.08 Å². The third-order valence-corrected chi connectivity index (χ3v) is 4.51. The van der Waals surface area contributed by atoms with E-state index < -0.39 is 0 Å². The Hall–Kier alpha value is -0.990. The molecule has 2 unspecified atom stereocenters. The second-order valence-corrected chi connectivity index (χ2v) is 5.77. The normalized spacial score (nSPS) is 33.2. The van der Waals surface area contributed by atoms with E-state index in [0.29, 0.717) is 11.8 Å². The summed E-state index contributed by atoms with van der Waals surface area (Å²) in [4.78, 5) is 6.83. The van der Waals surface area contributed by atoms with Crippen LogP contribution in [0.4, 0.5) is 0 Å². The molecule has 0 radical (unpaired) electrons. The van der Waals surface area contributed by atoms with Crippen molar-refractivity contribution in [3.8, 4) is 0 Å². The van der Waals surface area contributed by atoms with Crippen molar-refractivity contribution < 1.29 is 0 Å². The van der Waals surface area contributed by atoms with Gasteiger partial charge in [0, 0.05) is 6.54 Å². The first kappa shape index (κ1) is 12.5. The van der Waals surface area contributed by atoms with Crippen LogP contribution in [0.5, 0.6) is 0 Å². The maximum atomic E-state index is 6.06. The van der Waals surface area contributed by atoms with E-state index in [0.717, 1.165) is 19.0 Å². The molecular formula is C14H25N3. The zero-order chi connectivity index (χ0) is 12.5. The summed E-state index contributed by atoms with van der Waals surface area (Å²) in [6.45, 7) is 10.2. The lowest BCUT2D eigenvalue weighted by Gasteiger charge is -2.49. The van der Waals surface area contributed by atoms with Crippen LogP contribution in [-0.4, -0.2) is 29.5 Å². The number of guanidine groups is 1. The van der Waals surface area contributed by atoms with Crippen LogP contribution in [0.2, 0.25) is 0 Å². The zero-order valence-corrected chi connectivity index (χ0v) is 11.2. The quantitative estimate of drug-likeness (QED) is 0.763. The fourth-order valence-electron chi connectivity index (χ4n) is 3.76. The highest BCUT2D eigenvalue weighted by Crippen LogP contribution is 2.44. The molecule has 0 aromatic rings. The second-order valence-electron chi connectivity index (χ2n) is 5.77. The van der Waals surface area contributed by atoms with Crippen LogP contribution < -0.4 is 5.73 Å². The van der Waals surface area contributed by atoms with E-state index in [-0.39, 0.29) is 5.54 Å². The van der Waals surface area contributed by atoms with Crippen LogP contribution in [0.1, 0.15) is 39.5 Å². The first-order valence-corrected chi connectivity index (χ1v) is 6.80. The Balaban J connectivity index is 2.28. The van der Waals surface area contributed by atoms with E-state index in [9.17, 15) is 0 Å². The molecule has 2 rings (SSSR count). The van der Waals surface area contributed by atoms with Crippen molar-refractivity contribution >= 4 is 5.96 Å². The predicted octanol–water partition coefficient (Wildman–Crippen LogP) is 2.39. The first-order valence-electron chi connectivity index (χ1n) is 6.80. The number of hydrogen-bond acceptors (Lipinski definition) is 3. The monoisotopic (exact) mass is 235 g/mol. The van der Waals surface area contributed by atoms with Gasteiger partial charge in [0.2, 0.25) is 0 Å².